The Morgan fingerprint density at radius 2 is 1.83 bits per heavy atom. The molecule has 186 valence electrons. The molecule has 0 spiro atoms. The number of cyclic esters (lactones) is 1. The second-order valence-electron chi connectivity index (χ2n) is 8.77. The third-order valence-corrected chi connectivity index (χ3v) is 6.24. The number of benzene rings is 2. The molecular weight excluding hydrogens is 450 g/mol. The normalized spacial score (nSPS) is 18.9. The number of phenols is 1. The Kier molecular flexibility index (Phi) is 7.84. The van der Waals surface area contributed by atoms with Gasteiger partial charge in [0.15, 0.2) is 0 Å². The number of ether oxygens (including phenoxy) is 2. The van der Waals surface area contributed by atoms with E-state index in [-0.39, 0.29) is 23.7 Å². The molecule has 0 aromatic heterocycles. The lowest BCUT2D eigenvalue weighted by Gasteiger charge is -2.35. The minimum Gasteiger partial charge on any atom is -0.508 e. The number of esters is 1. The van der Waals surface area contributed by atoms with Crippen LogP contribution in [0.25, 0.3) is 0 Å². The van der Waals surface area contributed by atoms with Crippen LogP contribution in [-0.2, 0) is 20.9 Å². The van der Waals surface area contributed by atoms with Gasteiger partial charge in [-0.3, -0.25) is 20.0 Å². The van der Waals surface area contributed by atoms with E-state index in [2.05, 4.69) is 9.80 Å². The van der Waals surface area contributed by atoms with Crippen LogP contribution in [-0.4, -0.2) is 84.7 Å². The number of nitrogen functional groups attached to an aromatic ring is 1. The van der Waals surface area contributed by atoms with E-state index in [1.54, 1.807) is 6.07 Å². The monoisotopic (exact) mass is 481 g/mol. The molecule has 4 rings (SSSR count). The number of aromatic hydroxyl groups is 1. The Hall–Kier alpha value is -3.63. The summed E-state index contributed by atoms with van der Waals surface area (Å²) in [6.45, 7) is 5.16. The second-order valence-corrected chi connectivity index (χ2v) is 8.77. The molecule has 0 saturated carbocycles. The predicted octanol–water partition coefficient (Wildman–Crippen LogP) is 1.75. The molecule has 2 saturated heterocycles. The first kappa shape index (κ1) is 24.5. The van der Waals surface area contributed by atoms with Crippen LogP contribution in [0, 0.1) is 5.41 Å². The third-order valence-electron chi connectivity index (χ3n) is 6.24. The lowest BCUT2D eigenvalue weighted by atomic mass is 10.1. The highest BCUT2D eigenvalue weighted by Crippen LogP contribution is 2.28. The lowest BCUT2D eigenvalue weighted by molar-refractivity contribution is -0.145. The van der Waals surface area contributed by atoms with E-state index >= 15 is 0 Å². The van der Waals surface area contributed by atoms with Crippen molar-refractivity contribution in [1.29, 1.82) is 5.41 Å². The van der Waals surface area contributed by atoms with Crippen LogP contribution in [0.4, 0.5) is 10.5 Å². The smallest absolute Gasteiger partial charge is 0.414 e. The predicted molar refractivity (Wildman–Crippen MR) is 130 cm³/mol. The van der Waals surface area contributed by atoms with Crippen molar-refractivity contribution in [3.8, 4) is 5.75 Å². The van der Waals surface area contributed by atoms with Crippen LogP contribution >= 0.6 is 0 Å². The third kappa shape index (κ3) is 6.49. The molecule has 10 nitrogen and oxygen atoms in total. The van der Waals surface area contributed by atoms with Gasteiger partial charge >= 0.3 is 12.1 Å². The molecule has 2 aromatic carbocycles. The van der Waals surface area contributed by atoms with Crippen molar-refractivity contribution in [3.63, 3.8) is 0 Å². The summed E-state index contributed by atoms with van der Waals surface area (Å²) < 4.78 is 10.9. The molecule has 2 aliphatic heterocycles. The van der Waals surface area contributed by atoms with Crippen molar-refractivity contribution in [2.45, 2.75) is 19.1 Å². The van der Waals surface area contributed by atoms with Crippen molar-refractivity contribution in [2.24, 2.45) is 5.73 Å². The first-order valence-electron chi connectivity index (χ1n) is 11.7. The molecule has 4 N–H and O–H groups in total. The highest BCUT2D eigenvalue weighted by Gasteiger charge is 2.35. The van der Waals surface area contributed by atoms with E-state index in [0.717, 1.165) is 31.7 Å². The molecular formula is C25H31N5O5. The van der Waals surface area contributed by atoms with Gasteiger partial charge in [-0.2, -0.15) is 0 Å². The van der Waals surface area contributed by atoms with Crippen LogP contribution < -0.4 is 10.6 Å². The number of nitrogens with zero attached hydrogens (tertiary/aromatic N) is 3. The molecule has 0 unspecified atom stereocenters. The van der Waals surface area contributed by atoms with Crippen LogP contribution in [0.1, 0.15) is 17.5 Å². The summed E-state index contributed by atoms with van der Waals surface area (Å²) in [4.78, 5) is 30.5. The Labute approximate surface area is 204 Å². The zero-order valence-corrected chi connectivity index (χ0v) is 19.6. The maximum absolute atomic E-state index is 12.5. The van der Waals surface area contributed by atoms with E-state index in [0.29, 0.717) is 43.9 Å². The average Bonchev–Trinajstić information content (AvgIpc) is 3.22. The second kappa shape index (κ2) is 11.2. The molecule has 0 aliphatic carbocycles. The van der Waals surface area contributed by atoms with E-state index in [1.807, 2.05) is 30.3 Å². The topological polar surface area (TPSA) is 132 Å². The maximum atomic E-state index is 12.5. The minimum absolute atomic E-state index is 0.0228. The first-order valence-corrected chi connectivity index (χ1v) is 11.7. The van der Waals surface area contributed by atoms with Crippen LogP contribution in [0.15, 0.2) is 48.5 Å². The van der Waals surface area contributed by atoms with E-state index in [9.17, 15) is 14.7 Å². The summed E-state index contributed by atoms with van der Waals surface area (Å²) >= 11 is 0. The van der Waals surface area contributed by atoms with Gasteiger partial charge in [-0.15, -0.1) is 0 Å². The number of amidine groups is 1. The molecule has 0 bridgehead atoms. The highest BCUT2D eigenvalue weighted by molar-refractivity contribution is 6.04. The lowest BCUT2D eigenvalue weighted by Crippen LogP contribution is -2.49. The number of nitrogens with one attached hydrogen (secondary N) is 1. The van der Waals surface area contributed by atoms with Crippen molar-refractivity contribution >= 4 is 23.6 Å². The molecule has 1 amide bonds. The number of piperazine rings is 1. The summed E-state index contributed by atoms with van der Waals surface area (Å²) in [7, 11) is 0. The molecule has 2 aromatic rings. The standard InChI is InChI=1S/C25H31N5O5/c26-24(27)21-14-19(31)6-7-22(21)30-16-20(35-25(30)33)15-29-12-10-28(11-13-29)9-8-23(32)34-17-18-4-2-1-3-5-18/h1-7,14,20,31H,8-13,15-17H2,(H3,26,27)/t20-/m1/s1. The fourth-order valence-electron chi connectivity index (χ4n) is 4.33. The SMILES string of the molecule is N=C(N)c1cc(O)ccc1N1C[C@@H](CN2CCN(CCC(=O)OCc3ccccc3)CC2)OC1=O. The van der Waals surface area contributed by atoms with Gasteiger partial charge in [-0.25, -0.2) is 4.79 Å². The molecule has 0 radical (unpaired) electrons. The number of hydrogen-bond acceptors (Lipinski definition) is 8. The van der Waals surface area contributed by atoms with Gasteiger partial charge < -0.3 is 25.2 Å². The number of hydrogen-bond donors (Lipinski definition) is 3. The van der Waals surface area contributed by atoms with Crippen molar-refractivity contribution < 1.29 is 24.2 Å². The number of nitrogens with two attached hydrogens (primary N) is 1. The fourth-order valence-corrected chi connectivity index (χ4v) is 4.33. The summed E-state index contributed by atoms with van der Waals surface area (Å²) in [6.07, 6.45) is -0.445. The largest absolute Gasteiger partial charge is 0.508 e. The Bertz CT molecular complexity index is 1060. The van der Waals surface area contributed by atoms with E-state index in [4.69, 9.17) is 20.6 Å². The minimum atomic E-state index is -0.490. The summed E-state index contributed by atoms with van der Waals surface area (Å²) in [5, 5.41) is 17.5. The van der Waals surface area contributed by atoms with Gasteiger partial charge in [-0.1, -0.05) is 30.3 Å². The van der Waals surface area contributed by atoms with E-state index < -0.39 is 6.09 Å². The summed E-state index contributed by atoms with van der Waals surface area (Å²) in [5.74, 6) is -0.453. The van der Waals surface area contributed by atoms with Crippen molar-refractivity contribution in [2.75, 3.05) is 50.7 Å². The highest BCUT2D eigenvalue weighted by atomic mass is 16.6. The fraction of sp³-hybridized carbons (Fsp3) is 0.400. The number of phenolic OH excluding ortho intramolecular Hbond substituents is 1. The summed E-state index contributed by atoms with van der Waals surface area (Å²) in [6, 6.07) is 14.0. The first-order chi connectivity index (χ1) is 16.9. The zero-order valence-electron chi connectivity index (χ0n) is 19.6. The van der Waals surface area contributed by atoms with Gasteiger partial charge in [-0.05, 0) is 23.8 Å². The summed E-state index contributed by atoms with van der Waals surface area (Å²) in [5.41, 5.74) is 7.35. The number of carbonyl (C=O) groups excluding carboxylic acids is 2. The number of anilines is 1. The average molecular weight is 482 g/mol. The van der Waals surface area contributed by atoms with Gasteiger partial charge in [0, 0.05) is 44.8 Å². The Morgan fingerprint density at radius 1 is 1.11 bits per heavy atom. The van der Waals surface area contributed by atoms with Crippen molar-refractivity contribution in [3.05, 3.63) is 59.7 Å². The zero-order chi connectivity index (χ0) is 24.8. The van der Waals surface area contributed by atoms with Gasteiger partial charge in [0.05, 0.1) is 18.7 Å². The molecule has 2 heterocycles. The molecule has 2 fully saturated rings. The number of amides is 1. The molecule has 2 aliphatic rings. The number of rotatable bonds is 9. The molecule has 1 atom stereocenters. The molecule has 35 heavy (non-hydrogen) atoms. The van der Waals surface area contributed by atoms with Gasteiger partial charge in [0.1, 0.15) is 24.3 Å². The Balaban J connectivity index is 1.19. The van der Waals surface area contributed by atoms with Crippen LogP contribution in [0.2, 0.25) is 0 Å². The quantitative estimate of drug-likeness (QED) is 0.280. The van der Waals surface area contributed by atoms with Crippen LogP contribution in [0.3, 0.4) is 0 Å². The molecule has 10 heteroatoms. The maximum Gasteiger partial charge on any atom is 0.414 e. The van der Waals surface area contributed by atoms with Gasteiger partial charge in [0.2, 0.25) is 0 Å². The van der Waals surface area contributed by atoms with Gasteiger partial charge in [0.25, 0.3) is 0 Å². The Morgan fingerprint density at radius 3 is 2.54 bits per heavy atom. The van der Waals surface area contributed by atoms with Crippen molar-refractivity contribution in [1.82, 2.24) is 9.80 Å². The van der Waals surface area contributed by atoms with E-state index in [1.165, 1.54) is 17.0 Å². The number of carbonyl (C=O) groups is 2. The van der Waals surface area contributed by atoms with Crippen LogP contribution in [0.5, 0.6) is 5.75 Å².